The number of aromatic nitrogens is 1. The van der Waals surface area contributed by atoms with Gasteiger partial charge in [0.15, 0.2) is 0 Å². The Kier molecular flexibility index (Phi) is 5.16. The third kappa shape index (κ3) is 3.66. The maximum absolute atomic E-state index is 12.3. The van der Waals surface area contributed by atoms with E-state index in [0.29, 0.717) is 13.1 Å². The Balaban J connectivity index is 1.68. The molecule has 142 valence electrons. The predicted molar refractivity (Wildman–Crippen MR) is 110 cm³/mol. The number of methoxy groups -OCH3 is 1. The second-order valence-electron chi connectivity index (χ2n) is 6.32. The second-order valence-corrected chi connectivity index (χ2v) is 7.32. The van der Waals surface area contributed by atoms with Gasteiger partial charge in [-0.3, -0.25) is 9.69 Å². The van der Waals surface area contributed by atoms with E-state index in [1.165, 1.54) is 16.7 Å². The third-order valence-electron chi connectivity index (χ3n) is 4.58. The zero-order valence-corrected chi connectivity index (χ0v) is 16.2. The molecule has 0 saturated carbocycles. The van der Waals surface area contributed by atoms with Gasteiger partial charge in [-0.05, 0) is 29.3 Å². The van der Waals surface area contributed by atoms with Gasteiger partial charge >= 0.3 is 6.03 Å². The molecule has 2 heterocycles. The molecule has 1 aliphatic heterocycles. The molecule has 2 aromatic carbocycles. The van der Waals surface area contributed by atoms with Crippen LogP contribution in [0.15, 0.2) is 59.6 Å². The highest BCUT2D eigenvalue weighted by molar-refractivity contribution is 7.99. The van der Waals surface area contributed by atoms with E-state index in [4.69, 9.17) is 9.72 Å². The van der Waals surface area contributed by atoms with Crippen LogP contribution in [0.2, 0.25) is 0 Å². The van der Waals surface area contributed by atoms with E-state index in [9.17, 15) is 9.59 Å². The van der Waals surface area contributed by atoms with Crippen molar-refractivity contribution >= 4 is 34.6 Å². The molecule has 0 radical (unpaired) electrons. The molecule has 7 heteroatoms. The number of carbonyl (C=O) groups is 2. The zero-order chi connectivity index (χ0) is 19.5. The van der Waals surface area contributed by atoms with Crippen molar-refractivity contribution in [1.29, 1.82) is 0 Å². The average Bonchev–Trinajstić information content (AvgIpc) is 3.17. The Hall–Kier alpha value is -3.06. The smallest absolute Gasteiger partial charge is 0.324 e. The number of nitrogens with one attached hydrogen (secondary N) is 1. The second kappa shape index (κ2) is 7.90. The summed E-state index contributed by atoms with van der Waals surface area (Å²) in [5.74, 6) is 0.671. The summed E-state index contributed by atoms with van der Waals surface area (Å²) in [7, 11) is 1.62. The summed E-state index contributed by atoms with van der Waals surface area (Å²) in [5.41, 5.74) is 2.92. The normalized spacial score (nSPS) is 13.6. The summed E-state index contributed by atoms with van der Waals surface area (Å²) in [6, 6.07) is 17.5. The number of nitrogens with zero attached hydrogens (tertiary/aromatic N) is 2. The lowest BCUT2D eigenvalue weighted by Gasteiger charge is -2.13. The molecule has 4 rings (SSSR count). The van der Waals surface area contributed by atoms with Crippen LogP contribution in [0.4, 0.5) is 4.79 Å². The molecule has 0 spiro atoms. The van der Waals surface area contributed by atoms with Crippen molar-refractivity contribution in [1.82, 2.24) is 15.2 Å². The molecule has 3 amide bonds. The van der Waals surface area contributed by atoms with E-state index in [1.54, 1.807) is 7.11 Å². The molecule has 1 fully saturated rings. The first kappa shape index (κ1) is 18.3. The first-order valence-electron chi connectivity index (χ1n) is 8.91. The minimum Gasteiger partial charge on any atom is -0.497 e. The maximum atomic E-state index is 12.3. The van der Waals surface area contributed by atoms with Crippen molar-refractivity contribution in [3.8, 4) is 16.9 Å². The van der Waals surface area contributed by atoms with Crippen molar-refractivity contribution in [2.24, 2.45) is 0 Å². The molecular formula is C21H19N3O3S. The summed E-state index contributed by atoms with van der Waals surface area (Å²) < 4.78 is 5.33. The van der Waals surface area contributed by atoms with E-state index in [2.05, 4.69) is 5.32 Å². The number of urea groups is 1. The van der Waals surface area contributed by atoms with Gasteiger partial charge in [0, 0.05) is 24.5 Å². The Morgan fingerprint density at radius 3 is 2.75 bits per heavy atom. The van der Waals surface area contributed by atoms with Crippen LogP contribution >= 0.6 is 11.8 Å². The van der Waals surface area contributed by atoms with Crippen molar-refractivity contribution in [3.05, 3.63) is 54.6 Å². The van der Waals surface area contributed by atoms with Crippen LogP contribution in [0.25, 0.3) is 22.0 Å². The number of thioether (sulfide) groups is 1. The number of hydrogen-bond donors (Lipinski definition) is 1. The first-order valence-corrected chi connectivity index (χ1v) is 9.89. The lowest BCUT2D eigenvalue weighted by Crippen LogP contribution is -2.35. The number of imide groups is 1. The summed E-state index contributed by atoms with van der Waals surface area (Å²) >= 11 is 1.33. The van der Waals surface area contributed by atoms with Gasteiger partial charge in [-0.15, -0.1) is 0 Å². The molecule has 3 aromatic rings. The number of fused-ring (bicyclic) bond motifs is 1. The van der Waals surface area contributed by atoms with E-state index in [0.717, 1.165) is 32.8 Å². The lowest BCUT2D eigenvalue weighted by atomic mass is 10.0. The van der Waals surface area contributed by atoms with Gasteiger partial charge in [-0.2, -0.15) is 0 Å². The topological polar surface area (TPSA) is 71.5 Å². The molecule has 28 heavy (non-hydrogen) atoms. The van der Waals surface area contributed by atoms with Crippen LogP contribution < -0.4 is 10.1 Å². The maximum Gasteiger partial charge on any atom is 0.324 e. The van der Waals surface area contributed by atoms with Gasteiger partial charge in [0.2, 0.25) is 5.91 Å². The van der Waals surface area contributed by atoms with Crippen molar-refractivity contribution in [3.63, 3.8) is 0 Å². The van der Waals surface area contributed by atoms with Crippen molar-refractivity contribution < 1.29 is 14.3 Å². The third-order valence-corrected chi connectivity index (χ3v) is 5.48. The number of pyridine rings is 1. The van der Waals surface area contributed by atoms with Gasteiger partial charge in [0.1, 0.15) is 5.75 Å². The Bertz CT molecular complexity index is 1040. The standard InChI is InChI=1S/C21H19N3O3S/c1-27-15-7-8-16-17(14-5-3-2-4-6-14)12-19(23-18(16)11-15)28-13-20(25)24-10-9-22-21(24)26/h2-8,11-12H,9-10,13H2,1H3,(H,22,26). The van der Waals surface area contributed by atoms with Crippen LogP contribution in [-0.4, -0.2) is 47.8 Å². The van der Waals surface area contributed by atoms with Gasteiger partial charge < -0.3 is 10.1 Å². The van der Waals surface area contributed by atoms with Crippen LogP contribution in [0.5, 0.6) is 5.75 Å². The van der Waals surface area contributed by atoms with Crippen LogP contribution in [0.3, 0.4) is 0 Å². The molecule has 1 aromatic heterocycles. The predicted octanol–water partition coefficient (Wildman–Crippen LogP) is 3.55. The fourth-order valence-electron chi connectivity index (χ4n) is 3.16. The lowest BCUT2D eigenvalue weighted by molar-refractivity contribution is -0.124. The van der Waals surface area contributed by atoms with Crippen LogP contribution in [0.1, 0.15) is 0 Å². The largest absolute Gasteiger partial charge is 0.497 e. The quantitative estimate of drug-likeness (QED) is 0.671. The number of benzene rings is 2. The first-order chi connectivity index (χ1) is 13.7. The Morgan fingerprint density at radius 2 is 2.04 bits per heavy atom. The molecule has 0 unspecified atom stereocenters. The van der Waals surface area contributed by atoms with E-state index < -0.39 is 0 Å². The molecule has 0 aliphatic carbocycles. The average molecular weight is 393 g/mol. The molecular weight excluding hydrogens is 374 g/mol. The molecule has 1 saturated heterocycles. The Morgan fingerprint density at radius 1 is 1.21 bits per heavy atom. The summed E-state index contributed by atoms with van der Waals surface area (Å²) in [6.45, 7) is 0.914. The van der Waals surface area contributed by atoms with Crippen molar-refractivity contribution in [2.45, 2.75) is 5.03 Å². The molecule has 0 bridgehead atoms. The number of ether oxygens (including phenoxy) is 1. The number of carbonyl (C=O) groups excluding carboxylic acids is 2. The molecule has 1 N–H and O–H groups in total. The van der Waals surface area contributed by atoms with Gasteiger partial charge in [-0.25, -0.2) is 9.78 Å². The highest BCUT2D eigenvalue weighted by atomic mass is 32.2. The fraction of sp³-hybridized carbons (Fsp3) is 0.190. The van der Waals surface area contributed by atoms with E-state index >= 15 is 0 Å². The van der Waals surface area contributed by atoms with Gasteiger partial charge in [0.25, 0.3) is 0 Å². The van der Waals surface area contributed by atoms with Gasteiger partial charge in [0.05, 0.1) is 23.4 Å². The zero-order valence-electron chi connectivity index (χ0n) is 15.3. The van der Waals surface area contributed by atoms with Crippen LogP contribution in [-0.2, 0) is 4.79 Å². The number of amides is 3. The summed E-state index contributed by atoms with van der Waals surface area (Å²) in [6.07, 6.45) is 0. The summed E-state index contributed by atoms with van der Waals surface area (Å²) in [4.78, 5) is 30.0. The summed E-state index contributed by atoms with van der Waals surface area (Å²) in [5, 5.41) is 4.39. The monoisotopic (exact) mass is 393 g/mol. The van der Waals surface area contributed by atoms with Gasteiger partial charge in [-0.1, -0.05) is 42.1 Å². The minimum atomic E-state index is -0.327. The van der Waals surface area contributed by atoms with E-state index in [-0.39, 0.29) is 17.7 Å². The minimum absolute atomic E-state index is 0.157. The highest BCUT2D eigenvalue weighted by Crippen LogP contribution is 2.33. The molecule has 1 aliphatic rings. The van der Waals surface area contributed by atoms with E-state index in [1.807, 2.05) is 54.6 Å². The Labute approximate surface area is 166 Å². The van der Waals surface area contributed by atoms with Crippen LogP contribution in [0, 0.1) is 0 Å². The number of hydrogen-bond acceptors (Lipinski definition) is 5. The highest BCUT2D eigenvalue weighted by Gasteiger charge is 2.26. The number of rotatable bonds is 5. The molecule has 0 atom stereocenters. The SMILES string of the molecule is COc1ccc2c(-c3ccccc3)cc(SCC(=O)N3CCNC3=O)nc2c1. The molecule has 6 nitrogen and oxygen atoms in total. The van der Waals surface area contributed by atoms with Crippen molar-refractivity contribution in [2.75, 3.05) is 26.0 Å². The fourth-order valence-corrected chi connectivity index (χ4v) is 3.96.